The van der Waals surface area contributed by atoms with E-state index in [1.54, 1.807) is 17.3 Å². The number of hydrogen-bond acceptors (Lipinski definition) is 3. The first-order valence-corrected chi connectivity index (χ1v) is 11.2. The average molecular weight is 391 g/mol. The summed E-state index contributed by atoms with van der Waals surface area (Å²) in [7, 11) is 0. The average Bonchev–Trinajstić information content (AvgIpc) is 3.07. The molecule has 0 spiro atoms. The van der Waals surface area contributed by atoms with E-state index in [1.807, 2.05) is 6.07 Å². The van der Waals surface area contributed by atoms with Crippen LogP contribution < -0.4 is 10.6 Å². The first-order valence-electron chi connectivity index (χ1n) is 10.4. The lowest BCUT2D eigenvalue weighted by molar-refractivity contribution is 0.0953. The number of rotatable bonds is 3. The number of fused-ring (bicyclic) bond motifs is 4. The van der Waals surface area contributed by atoms with Crippen LogP contribution >= 0.6 is 11.8 Å². The molecule has 1 amide bonds. The lowest BCUT2D eigenvalue weighted by Gasteiger charge is -2.30. The smallest absolute Gasteiger partial charge is 0.251 e. The van der Waals surface area contributed by atoms with E-state index in [9.17, 15) is 4.79 Å². The van der Waals surface area contributed by atoms with Gasteiger partial charge in [0.05, 0.1) is 0 Å². The minimum atomic E-state index is 0.0261. The van der Waals surface area contributed by atoms with E-state index in [-0.39, 0.29) is 5.91 Å². The summed E-state index contributed by atoms with van der Waals surface area (Å²) in [4.78, 5) is 15.0. The Labute approximate surface area is 171 Å². The van der Waals surface area contributed by atoms with Crippen molar-refractivity contribution in [3.8, 4) is 0 Å². The van der Waals surface area contributed by atoms with Gasteiger partial charge in [-0.1, -0.05) is 48.5 Å². The van der Waals surface area contributed by atoms with Gasteiger partial charge in [-0.25, -0.2) is 0 Å². The Bertz CT molecular complexity index is 951. The molecule has 4 heteroatoms. The minimum absolute atomic E-state index is 0.0261. The Morgan fingerprint density at radius 1 is 1.07 bits per heavy atom. The van der Waals surface area contributed by atoms with Gasteiger partial charge >= 0.3 is 0 Å². The fourth-order valence-corrected chi connectivity index (χ4v) is 5.94. The molecule has 3 heterocycles. The maximum atomic E-state index is 12.5. The molecule has 2 unspecified atom stereocenters. The monoisotopic (exact) mass is 390 g/mol. The molecule has 28 heavy (non-hydrogen) atoms. The van der Waals surface area contributed by atoms with Crippen molar-refractivity contribution in [2.24, 2.45) is 0 Å². The molecule has 0 radical (unpaired) electrons. The van der Waals surface area contributed by atoms with Crippen molar-refractivity contribution in [3.63, 3.8) is 0 Å². The van der Waals surface area contributed by atoms with Crippen LogP contribution in [0.2, 0.25) is 0 Å². The van der Waals surface area contributed by atoms with Crippen molar-refractivity contribution in [2.75, 3.05) is 6.54 Å². The maximum absolute atomic E-state index is 12.5. The van der Waals surface area contributed by atoms with Gasteiger partial charge in [0.25, 0.3) is 5.91 Å². The summed E-state index contributed by atoms with van der Waals surface area (Å²) in [5.41, 5.74) is 6.42. The number of amides is 1. The van der Waals surface area contributed by atoms with Crippen LogP contribution in [0.3, 0.4) is 0 Å². The summed E-state index contributed by atoms with van der Waals surface area (Å²) in [6.07, 6.45) is 5.82. The van der Waals surface area contributed by atoms with Gasteiger partial charge in [-0.2, -0.15) is 0 Å². The fourth-order valence-electron chi connectivity index (χ4n) is 4.81. The van der Waals surface area contributed by atoms with E-state index in [0.29, 0.717) is 12.1 Å². The summed E-state index contributed by atoms with van der Waals surface area (Å²) < 4.78 is 0. The minimum Gasteiger partial charge on any atom is -0.352 e. The number of carbonyl (C=O) groups excluding carboxylic acids is 1. The van der Waals surface area contributed by atoms with Crippen molar-refractivity contribution in [3.05, 3.63) is 64.7 Å². The molecule has 2 fully saturated rings. The van der Waals surface area contributed by atoms with Gasteiger partial charge in [-0.05, 0) is 67.0 Å². The molecular formula is C24H26N2OS. The zero-order chi connectivity index (χ0) is 19.1. The molecule has 3 aliphatic heterocycles. The van der Waals surface area contributed by atoms with Crippen LogP contribution in [-0.4, -0.2) is 24.5 Å². The molecule has 0 saturated carbocycles. The van der Waals surface area contributed by atoms with Crippen molar-refractivity contribution in [1.29, 1.82) is 0 Å². The van der Waals surface area contributed by atoms with Crippen LogP contribution in [0.25, 0.3) is 5.57 Å². The molecule has 2 N–H and O–H groups in total. The molecule has 3 aliphatic rings. The second-order valence-corrected chi connectivity index (χ2v) is 9.17. The molecule has 144 valence electrons. The Balaban J connectivity index is 1.60. The van der Waals surface area contributed by atoms with Crippen LogP contribution in [0, 0.1) is 0 Å². The second-order valence-electron chi connectivity index (χ2n) is 8.09. The van der Waals surface area contributed by atoms with E-state index in [4.69, 9.17) is 0 Å². The number of hydrogen-bond donors (Lipinski definition) is 2. The predicted molar refractivity (Wildman–Crippen MR) is 115 cm³/mol. The molecule has 2 saturated heterocycles. The van der Waals surface area contributed by atoms with Gasteiger partial charge < -0.3 is 10.6 Å². The van der Waals surface area contributed by atoms with Crippen LogP contribution in [0.1, 0.15) is 60.5 Å². The van der Waals surface area contributed by atoms with Gasteiger partial charge in [-0.15, -0.1) is 0 Å². The van der Waals surface area contributed by atoms with Crippen LogP contribution in [-0.2, 0) is 0 Å². The zero-order valence-corrected chi connectivity index (χ0v) is 17.1. The fraction of sp³-hybridized carbons (Fsp3) is 0.375. The van der Waals surface area contributed by atoms with Crippen LogP contribution in [0.15, 0.2) is 57.8 Å². The highest BCUT2D eigenvalue weighted by Crippen LogP contribution is 2.49. The first-order chi connectivity index (χ1) is 13.7. The summed E-state index contributed by atoms with van der Waals surface area (Å²) in [5.74, 6) is 0.0261. The summed E-state index contributed by atoms with van der Waals surface area (Å²) >= 11 is 1.79. The van der Waals surface area contributed by atoms with Gasteiger partial charge in [-0.3, -0.25) is 4.79 Å². The third-order valence-electron chi connectivity index (χ3n) is 6.10. The first kappa shape index (κ1) is 18.0. The largest absolute Gasteiger partial charge is 0.352 e. The molecule has 2 aromatic carbocycles. The molecule has 2 bridgehead atoms. The standard InChI is InChI=1S/C24H26N2OS/c1-2-11-25-24(27)15-7-10-20-22(14-15)28-21-6-4-3-5-19(21)23(20)16-12-17-8-9-18(13-16)26-17/h3-7,10,14,17-18,26H,2,8-9,11-13H2,1H3,(H,25,27). The van der Waals surface area contributed by atoms with E-state index < -0.39 is 0 Å². The Morgan fingerprint density at radius 3 is 2.61 bits per heavy atom. The Hall–Kier alpha value is -2.04. The van der Waals surface area contributed by atoms with E-state index in [0.717, 1.165) is 31.4 Å². The van der Waals surface area contributed by atoms with Gasteiger partial charge in [0.15, 0.2) is 0 Å². The number of carbonyl (C=O) groups is 1. The predicted octanol–water partition coefficient (Wildman–Crippen LogP) is 5.01. The maximum Gasteiger partial charge on any atom is 0.251 e. The van der Waals surface area contributed by atoms with Crippen LogP contribution in [0.5, 0.6) is 0 Å². The van der Waals surface area contributed by atoms with Gasteiger partial charge in [0, 0.05) is 34.0 Å². The third-order valence-corrected chi connectivity index (χ3v) is 7.23. The van der Waals surface area contributed by atoms with Gasteiger partial charge in [0.1, 0.15) is 0 Å². The number of benzene rings is 2. The van der Waals surface area contributed by atoms with Crippen molar-refractivity contribution in [2.45, 2.75) is 60.9 Å². The molecule has 0 aliphatic carbocycles. The highest BCUT2D eigenvalue weighted by Gasteiger charge is 2.34. The lowest BCUT2D eigenvalue weighted by atomic mass is 9.86. The number of piperidine rings is 1. The topological polar surface area (TPSA) is 41.1 Å². The molecule has 5 rings (SSSR count). The quantitative estimate of drug-likeness (QED) is 0.661. The zero-order valence-electron chi connectivity index (χ0n) is 16.3. The highest BCUT2D eigenvalue weighted by atomic mass is 32.2. The summed E-state index contributed by atoms with van der Waals surface area (Å²) in [5, 5.41) is 6.76. The van der Waals surface area contributed by atoms with E-state index in [2.05, 4.69) is 54.0 Å². The van der Waals surface area contributed by atoms with E-state index in [1.165, 1.54) is 39.3 Å². The molecule has 3 nitrogen and oxygen atoms in total. The Kier molecular flexibility index (Phi) is 4.77. The third kappa shape index (κ3) is 3.19. The normalized spacial score (nSPS) is 22.6. The molecule has 2 aromatic rings. The molecular weight excluding hydrogens is 364 g/mol. The summed E-state index contributed by atoms with van der Waals surface area (Å²) in [6, 6.07) is 16.2. The van der Waals surface area contributed by atoms with Crippen molar-refractivity contribution < 1.29 is 4.79 Å². The summed E-state index contributed by atoms with van der Waals surface area (Å²) in [6.45, 7) is 2.79. The second kappa shape index (κ2) is 7.41. The van der Waals surface area contributed by atoms with Crippen molar-refractivity contribution in [1.82, 2.24) is 10.6 Å². The SMILES string of the molecule is CCCNC(=O)c1ccc2c(c1)Sc1ccccc1C2=C1CC2CCC(C1)N2. The van der Waals surface area contributed by atoms with Crippen molar-refractivity contribution >= 4 is 23.2 Å². The van der Waals surface area contributed by atoms with E-state index >= 15 is 0 Å². The molecule has 0 aromatic heterocycles. The Morgan fingerprint density at radius 2 is 1.82 bits per heavy atom. The molecule has 2 atom stereocenters. The van der Waals surface area contributed by atoms with Gasteiger partial charge in [0.2, 0.25) is 0 Å². The number of nitrogens with one attached hydrogen (secondary N) is 2. The van der Waals surface area contributed by atoms with Crippen LogP contribution in [0.4, 0.5) is 0 Å². The lowest BCUT2D eigenvalue weighted by Crippen LogP contribution is -2.35. The highest BCUT2D eigenvalue weighted by molar-refractivity contribution is 7.99.